The van der Waals surface area contributed by atoms with Gasteiger partial charge in [0.15, 0.2) is 0 Å². The summed E-state index contributed by atoms with van der Waals surface area (Å²) in [4.78, 5) is 16.3. The summed E-state index contributed by atoms with van der Waals surface area (Å²) in [5, 5.41) is 2.61. The Bertz CT molecular complexity index is 590. The number of carbonyl (C=O) groups is 1. The molecule has 7 heteroatoms. The number of nitrogens with one attached hydrogen (secondary N) is 1. The van der Waals surface area contributed by atoms with Gasteiger partial charge >= 0.3 is 0 Å². The first kappa shape index (κ1) is 16.4. The largest absolute Gasteiger partial charge is 0.336 e. The lowest BCUT2D eigenvalue weighted by Gasteiger charge is -2.24. The maximum Gasteiger partial charge on any atom is 0.252 e. The highest BCUT2D eigenvalue weighted by Crippen LogP contribution is 2.38. The van der Waals surface area contributed by atoms with Gasteiger partial charge in [0.1, 0.15) is 5.37 Å². The summed E-state index contributed by atoms with van der Waals surface area (Å²) in [5.74, 6) is -0.310. The number of hydrogen-bond donors (Lipinski definition) is 1. The summed E-state index contributed by atoms with van der Waals surface area (Å²) >= 11 is 19.0. The van der Waals surface area contributed by atoms with Crippen molar-refractivity contribution < 1.29 is 4.79 Å². The lowest BCUT2D eigenvalue weighted by Crippen LogP contribution is -2.41. The Kier molecular flexibility index (Phi) is 5.76. The third-order valence-corrected chi connectivity index (χ3v) is 4.70. The normalized spacial score (nSPS) is 12.7. The topological polar surface area (TPSA) is 42.0 Å². The van der Waals surface area contributed by atoms with Gasteiger partial charge in [-0.3, -0.25) is 4.79 Å². The fraction of sp³-hybridized carbons (Fsp3) is 0.143. The first-order valence-corrected chi connectivity index (χ1v) is 7.98. The third-order valence-electron chi connectivity index (χ3n) is 2.47. The average Bonchev–Trinajstić information content (AvgIpc) is 2.47. The van der Waals surface area contributed by atoms with Crippen LogP contribution in [-0.2, 0) is 0 Å². The summed E-state index contributed by atoms with van der Waals surface area (Å²) in [6.07, 6.45) is 1.64. The van der Waals surface area contributed by atoms with E-state index in [2.05, 4.69) is 10.3 Å². The van der Waals surface area contributed by atoms with Crippen LogP contribution in [0.1, 0.15) is 10.4 Å². The second-order valence-corrected chi connectivity index (χ2v) is 7.54. The number of amides is 1. The molecule has 0 bridgehead atoms. The van der Waals surface area contributed by atoms with Crippen LogP contribution in [0.15, 0.2) is 59.8 Å². The zero-order chi connectivity index (χ0) is 15.3. The molecule has 0 saturated heterocycles. The van der Waals surface area contributed by atoms with E-state index >= 15 is 0 Å². The van der Waals surface area contributed by atoms with Crippen molar-refractivity contribution in [2.75, 3.05) is 0 Å². The molecule has 1 aromatic heterocycles. The third kappa shape index (κ3) is 5.08. The lowest BCUT2D eigenvalue weighted by molar-refractivity contribution is 0.0950. The molecule has 1 aromatic carbocycles. The zero-order valence-electron chi connectivity index (χ0n) is 10.7. The molecule has 0 saturated carbocycles. The first-order valence-electron chi connectivity index (χ1n) is 5.97. The number of halogens is 3. The molecule has 0 aliphatic rings. The monoisotopic (exact) mass is 360 g/mol. The van der Waals surface area contributed by atoms with Gasteiger partial charge in [-0.1, -0.05) is 70.8 Å². The molecule has 21 heavy (non-hydrogen) atoms. The van der Waals surface area contributed by atoms with Crippen molar-refractivity contribution in [3.8, 4) is 0 Å². The van der Waals surface area contributed by atoms with Crippen molar-refractivity contribution >= 4 is 52.5 Å². The number of hydrogen-bond acceptors (Lipinski definition) is 3. The second-order valence-electron chi connectivity index (χ2n) is 4.05. The first-order chi connectivity index (χ1) is 9.97. The van der Waals surface area contributed by atoms with Gasteiger partial charge < -0.3 is 5.32 Å². The van der Waals surface area contributed by atoms with Crippen molar-refractivity contribution in [2.24, 2.45) is 0 Å². The van der Waals surface area contributed by atoms with E-state index in [1.54, 1.807) is 42.6 Å². The van der Waals surface area contributed by atoms with E-state index in [0.29, 0.717) is 10.6 Å². The minimum Gasteiger partial charge on any atom is -0.336 e. The number of rotatable bonds is 4. The zero-order valence-corrected chi connectivity index (χ0v) is 13.8. The maximum absolute atomic E-state index is 12.2. The van der Waals surface area contributed by atoms with Gasteiger partial charge in [-0.25, -0.2) is 4.98 Å². The summed E-state index contributed by atoms with van der Waals surface area (Å²) in [5.41, 5.74) is 0.498. The Morgan fingerprint density at radius 3 is 2.33 bits per heavy atom. The van der Waals surface area contributed by atoms with Crippen LogP contribution in [0.3, 0.4) is 0 Å². The van der Waals surface area contributed by atoms with Crippen molar-refractivity contribution in [2.45, 2.75) is 14.2 Å². The molecule has 2 aromatic rings. The van der Waals surface area contributed by atoms with E-state index in [4.69, 9.17) is 34.8 Å². The number of thioether (sulfide) groups is 1. The van der Waals surface area contributed by atoms with Crippen molar-refractivity contribution in [3.63, 3.8) is 0 Å². The van der Waals surface area contributed by atoms with Crippen molar-refractivity contribution in [3.05, 3.63) is 60.3 Å². The quantitative estimate of drug-likeness (QED) is 0.501. The molecule has 110 valence electrons. The molecule has 1 N–H and O–H groups in total. The number of carbonyl (C=O) groups excluding carboxylic acids is 1. The summed E-state index contributed by atoms with van der Waals surface area (Å²) in [6.45, 7) is 0. The van der Waals surface area contributed by atoms with E-state index in [-0.39, 0.29) is 5.91 Å². The van der Waals surface area contributed by atoms with Crippen LogP contribution >= 0.6 is 46.6 Å². The molecule has 0 aliphatic heterocycles. The van der Waals surface area contributed by atoms with E-state index in [1.807, 2.05) is 12.1 Å². The molecular weight excluding hydrogens is 351 g/mol. The van der Waals surface area contributed by atoms with Crippen LogP contribution in [0.2, 0.25) is 0 Å². The highest BCUT2D eigenvalue weighted by Gasteiger charge is 2.35. The Morgan fingerprint density at radius 1 is 1.10 bits per heavy atom. The highest BCUT2D eigenvalue weighted by atomic mass is 35.6. The lowest BCUT2D eigenvalue weighted by atomic mass is 10.2. The predicted molar refractivity (Wildman–Crippen MR) is 88.1 cm³/mol. The fourth-order valence-corrected chi connectivity index (χ4v) is 2.89. The standard InChI is InChI=1S/C14H11Cl3N2OS/c15-14(16,17)13(21-11-8-4-5-9-18-11)19-12(20)10-6-2-1-3-7-10/h1-9,13H,(H,19,20)/t13-/m1/s1. The van der Waals surface area contributed by atoms with Crippen LogP contribution in [-0.4, -0.2) is 20.1 Å². The number of pyridine rings is 1. The Labute approximate surface area is 142 Å². The molecule has 1 amide bonds. The van der Waals surface area contributed by atoms with Crippen LogP contribution in [0.25, 0.3) is 0 Å². The van der Waals surface area contributed by atoms with Crippen LogP contribution < -0.4 is 5.32 Å². The van der Waals surface area contributed by atoms with Gasteiger partial charge in [0.05, 0.1) is 5.03 Å². The highest BCUT2D eigenvalue weighted by molar-refractivity contribution is 8.00. The Morgan fingerprint density at radius 2 is 1.76 bits per heavy atom. The number of aromatic nitrogens is 1. The Hall–Kier alpha value is -0.940. The number of benzene rings is 1. The number of nitrogens with zero attached hydrogens (tertiary/aromatic N) is 1. The van der Waals surface area contributed by atoms with Crippen LogP contribution in [0.5, 0.6) is 0 Å². The predicted octanol–water partition coefficient (Wildman–Crippen LogP) is 4.30. The van der Waals surface area contributed by atoms with Gasteiger partial charge in [-0.15, -0.1) is 0 Å². The van der Waals surface area contributed by atoms with E-state index in [9.17, 15) is 4.79 Å². The molecule has 0 radical (unpaired) electrons. The van der Waals surface area contributed by atoms with E-state index in [0.717, 1.165) is 0 Å². The molecule has 0 fully saturated rings. The van der Waals surface area contributed by atoms with E-state index < -0.39 is 9.17 Å². The van der Waals surface area contributed by atoms with Gasteiger partial charge in [0.25, 0.3) is 5.91 Å². The molecular formula is C14H11Cl3N2OS. The summed E-state index contributed by atoms with van der Waals surface area (Å²) in [7, 11) is 0. The molecule has 0 spiro atoms. The Balaban J connectivity index is 2.12. The summed E-state index contributed by atoms with van der Waals surface area (Å²) < 4.78 is -1.66. The molecule has 2 rings (SSSR count). The van der Waals surface area contributed by atoms with Crippen LogP contribution in [0, 0.1) is 0 Å². The second kappa shape index (κ2) is 7.36. The SMILES string of the molecule is O=C(N[C@H](Sc1ccccn1)C(Cl)(Cl)Cl)c1ccccc1. The van der Waals surface area contributed by atoms with E-state index in [1.165, 1.54) is 11.8 Å². The molecule has 0 unspecified atom stereocenters. The fourth-order valence-electron chi connectivity index (χ4n) is 1.51. The molecule has 1 atom stereocenters. The van der Waals surface area contributed by atoms with Gasteiger partial charge in [0, 0.05) is 11.8 Å². The maximum atomic E-state index is 12.2. The smallest absolute Gasteiger partial charge is 0.252 e. The van der Waals surface area contributed by atoms with Crippen LogP contribution in [0.4, 0.5) is 0 Å². The molecule has 3 nitrogen and oxygen atoms in total. The minimum atomic E-state index is -1.66. The summed E-state index contributed by atoms with van der Waals surface area (Å²) in [6, 6.07) is 14.1. The minimum absolute atomic E-state index is 0.310. The number of alkyl halides is 3. The average molecular weight is 362 g/mol. The van der Waals surface area contributed by atoms with Gasteiger partial charge in [0.2, 0.25) is 3.79 Å². The molecule has 1 heterocycles. The van der Waals surface area contributed by atoms with Crippen molar-refractivity contribution in [1.82, 2.24) is 10.3 Å². The van der Waals surface area contributed by atoms with Crippen molar-refractivity contribution in [1.29, 1.82) is 0 Å². The van der Waals surface area contributed by atoms with Gasteiger partial charge in [-0.05, 0) is 24.3 Å². The van der Waals surface area contributed by atoms with Gasteiger partial charge in [-0.2, -0.15) is 0 Å². The molecule has 0 aliphatic carbocycles.